The topological polar surface area (TPSA) is 56.6 Å². The van der Waals surface area contributed by atoms with Crippen LogP contribution in [0.5, 0.6) is 0 Å². The minimum atomic E-state index is -1.59. The fraction of sp³-hybridized carbons (Fsp3) is 0.0769. The molecule has 1 aromatic carbocycles. The van der Waals surface area contributed by atoms with E-state index in [1.807, 2.05) is 0 Å². The normalized spacial score (nSPS) is 10.3. The van der Waals surface area contributed by atoms with Gasteiger partial charge in [-0.15, -0.1) is 0 Å². The smallest absolute Gasteiger partial charge is 0.266 e. The van der Waals surface area contributed by atoms with Crippen LogP contribution in [0.15, 0.2) is 23.0 Å². The molecule has 0 saturated carbocycles. The number of nitrogens with zero attached hydrogens (tertiary/aromatic N) is 1. The zero-order valence-electron chi connectivity index (χ0n) is 9.72. The molecule has 19 heavy (non-hydrogen) atoms. The van der Waals surface area contributed by atoms with E-state index in [-0.39, 0.29) is 16.7 Å². The summed E-state index contributed by atoms with van der Waals surface area (Å²) >= 11 is 0. The highest BCUT2D eigenvalue weighted by molar-refractivity contribution is 5.70. The maximum absolute atomic E-state index is 13.2. The van der Waals surface area contributed by atoms with Crippen LogP contribution < -0.4 is 5.56 Å². The number of nitriles is 1. The molecule has 0 bridgehead atoms. The number of hydrogen-bond acceptors (Lipinski definition) is 2. The van der Waals surface area contributed by atoms with Crippen molar-refractivity contribution in [2.45, 2.75) is 6.92 Å². The van der Waals surface area contributed by atoms with E-state index in [2.05, 4.69) is 4.98 Å². The number of rotatable bonds is 1. The SMILES string of the molecule is Cc1cc(-c2cc(F)c(F)c(F)c2)c(C#N)c(=O)[nH]1. The molecule has 0 saturated heterocycles. The minimum Gasteiger partial charge on any atom is -0.325 e. The van der Waals surface area contributed by atoms with Crippen LogP contribution in [0.3, 0.4) is 0 Å². The van der Waals surface area contributed by atoms with Crippen molar-refractivity contribution < 1.29 is 13.2 Å². The van der Waals surface area contributed by atoms with Crippen LogP contribution in [0.4, 0.5) is 13.2 Å². The largest absolute Gasteiger partial charge is 0.325 e. The predicted molar refractivity (Wildman–Crippen MR) is 61.8 cm³/mol. The van der Waals surface area contributed by atoms with Gasteiger partial charge < -0.3 is 4.98 Å². The third-order valence-corrected chi connectivity index (χ3v) is 2.57. The molecule has 0 radical (unpaired) electrons. The summed E-state index contributed by atoms with van der Waals surface area (Å²) < 4.78 is 39.2. The number of H-pyrrole nitrogens is 1. The second-order valence-electron chi connectivity index (χ2n) is 3.94. The Morgan fingerprint density at radius 1 is 1.16 bits per heavy atom. The van der Waals surface area contributed by atoms with Crippen molar-refractivity contribution in [2.24, 2.45) is 0 Å². The Bertz CT molecular complexity index is 736. The lowest BCUT2D eigenvalue weighted by Crippen LogP contribution is -2.13. The van der Waals surface area contributed by atoms with Gasteiger partial charge in [0, 0.05) is 11.3 Å². The first-order valence-corrected chi connectivity index (χ1v) is 5.23. The fourth-order valence-electron chi connectivity index (χ4n) is 1.74. The molecule has 0 aliphatic heterocycles. The highest BCUT2D eigenvalue weighted by Gasteiger charge is 2.15. The molecular formula is C13H7F3N2O. The van der Waals surface area contributed by atoms with Crippen molar-refractivity contribution in [3.05, 3.63) is 57.3 Å². The zero-order valence-corrected chi connectivity index (χ0v) is 9.72. The monoisotopic (exact) mass is 264 g/mol. The van der Waals surface area contributed by atoms with Gasteiger partial charge in [-0.05, 0) is 30.7 Å². The predicted octanol–water partition coefficient (Wildman–Crippen LogP) is 2.64. The van der Waals surface area contributed by atoms with Crippen LogP contribution >= 0.6 is 0 Å². The van der Waals surface area contributed by atoms with Gasteiger partial charge in [-0.3, -0.25) is 4.79 Å². The van der Waals surface area contributed by atoms with E-state index in [0.29, 0.717) is 5.69 Å². The minimum absolute atomic E-state index is 0.0570. The van der Waals surface area contributed by atoms with Crippen LogP contribution in [0.2, 0.25) is 0 Å². The molecule has 2 rings (SSSR count). The lowest BCUT2D eigenvalue weighted by atomic mass is 10.0. The summed E-state index contributed by atoms with van der Waals surface area (Å²) in [6.07, 6.45) is 0. The number of aryl methyl sites for hydroxylation is 1. The molecule has 3 nitrogen and oxygen atoms in total. The fourth-order valence-corrected chi connectivity index (χ4v) is 1.74. The summed E-state index contributed by atoms with van der Waals surface area (Å²) in [6.45, 7) is 1.56. The lowest BCUT2D eigenvalue weighted by molar-refractivity contribution is 0.447. The third-order valence-electron chi connectivity index (χ3n) is 2.57. The first-order chi connectivity index (χ1) is 8.93. The second kappa shape index (κ2) is 4.61. The van der Waals surface area contributed by atoms with Crippen LogP contribution in [0, 0.1) is 35.7 Å². The van der Waals surface area contributed by atoms with E-state index < -0.39 is 23.0 Å². The molecule has 0 fully saturated rings. The van der Waals surface area contributed by atoms with E-state index in [1.54, 1.807) is 13.0 Å². The Hall–Kier alpha value is -2.55. The number of halogens is 3. The second-order valence-corrected chi connectivity index (χ2v) is 3.94. The van der Waals surface area contributed by atoms with E-state index in [9.17, 15) is 18.0 Å². The van der Waals surface area contributed by atoms with E-state index in [1.165, 1.54) is 6.07 Å². The third kappa shape index (κ3) is 2.22. The average molecular weight is 264 g/mol. The van der Waals surface area contributed by atoms with E-state index >= 15 is 0 Å². The van der Waals surface area contributed by atoms with E-state index in [4.69, 9.17) is 5.26 Å². The Labute approximate surface area is 105 Å². The van der Waals surface area contributed by atoms with Gasteiger partial charge in [0.25, 0.3) is 5.56 Å². The summed E-state index contributed by atoms with van der Waals surface area (Å²) in [6, 6.07) is 4.54. The van der Waals surface area contributed by atoms with Gasteiger partial charge in [0.05, 0.1) is 0 Å². The first kappa shape index (κ1) is 12.9. The molecule has 0 aliphatic carbocycles. The lowest BCUT2D eigenvalue weighted by Gasteiger charge is -2.06. The highest BCUT2D eigenvalue weighted by atomic mass is 19.2. The quantitative estimate of drug-likeness (QED) is 0.805. The highest BCUT2D eigenvalue weighted by Crippen LogP contribution is 2.25. The Morgan fingerprint density at radius 2 is 1.74 bits per heavy atom. The van der Waals surface area contributed by atoms with Crippen LogP contribution in [-0.4, -0.2) is 4.98 Å². The number of aromatic nitrogens is 1. The van der Waals surface area contributed by atoms with E-state index in [0.717, 1.165) is 12.1 Å². The molecule has 0 aliphatic rings. The zero-order chi connectivity index (χ0) is 14.2. The van der Waals surface area contributed by atoms with Crippen molar-refractivity contribution in [3.63, 3.8) is 0 Å². The van der Waals surface area contributed by atoms with Crippen molar-refractivity contribution in [2.75, 3.05) is 0 Å². The van der Waals surface area contributed by atoms with Crippen LogP contribution in [0.1, 0.15) is 11.3 Å². The van der Waals surface area contributed by atoms with Crippen molar-refractivity contribution in [3.8, 4) is 17.2 Å². The van der Waals surface area contributed by atoms with Crippen molar-refractivity contribution in [1.82, 2.24) is 4.98 Å². The number of hydrogen-bond donors (Lipinski definition) is 1. The maximum Gasteiger partial charge on any atom is 0.266 e. The summed E-state index contributed by atoms with van der Waals surface area (Å²) in [5, 5.41) is 8.91. The summed E-state index contributed by atoms with van der Waals surface area (Å²) in [4.78, 5) is 14.0. The van der Waals surface area contributed by atoms with Gasteiger partial charge in [-0.2, -0.15) is 5.26 Å². The van der Waals surface area contributed by atoms with Crippen molar-refractivity contribution >= 4 is 0 Å². The first-order valence-electron chi connectivity index (χ1n) is 5.23. The van der Waals surface area contributed by atoms with Crippen LogP contribution in [-0.2, 0) is 0 Å². The molecule has 0 atom stereocenters. The average Bonchev–Trinajstić information content (AvgIpc) is 2.34. The summed E-state index contributed by atoms with van der Waals surface area (Å²) in [5.41, 5.74) is -0.536. The Morgan fingerprint density at radius 3 is 2.26 bits per heavy atom. The Kier molecular flexibility index (Phi) is 3.13. The number of benzene rings is 1. The van der Waals surface area contributed by atoms with Gasteiger partial charge in [0.1, 0.15) is 11.6 Å². The number of aromatic amines is 1. The molecule has 1 heterocycles. The molecular weight excluding hydrogens is 257 g/mol. The molecule has 0 spiro atoms. The number of nitrogens with one attached hydrogen (secondary N) is 1. The Balaban J connectivity index is 2.80. The standard InChI is InChI=1S/C13H7F3N2O/c1-6-2-8(9(5-17)13(19)18-6)7-3-10(14)12(16)11(15)4-7/h2-4H,1H3,(H,18,19). The molecule has 0 amide bonds. The molecule has 6 heteroatoms. The van der Waals surface area contributed by atoms with Gasteiger partial charge in [0.2, 0.25) is 0 Å². The summed E-state index contributed by atoms with van der Waals surface area (Å²) in [7, 11) is 0. The van der Waals surface area contributed by atoms with Crippen LogP contribution in [0.25, 0.3) is 11.1 Å². The summed E-state index contributed by atoms with van der Waals surface area (Å²) in [5.74, 6) is -4.35. The maximum atomic E-state index is 13.2. The molecule has 96 valence electrons. The van der Waals surface area contributed by atoms with Gasteiger partial charge >= 0.3 is 0 Å². The van der Waals surface area contributed by atoms with Gasteiger partial charge in [0.15, 0.2) is 17.5 Å². The van der Waals surface area contributed by atoms with Gasteiger partial charge in [-0.25, -0.2) is 13.2 Å². The number of pyridine rings is 1. The molecule has 0 unspecified atom stereocenters. The molecule has 2 aromatic rings. The molecule has 1 aromatic heterocycles. The van der Waals surface area contributed by atoms with Crippen molar-refractivity contribution in [1.29, 1.82) is 5.26 Å². The van der Waals surface area contributed by atoms with Gasteiger partial charge in [-0.1, -0.05) is 0 Å². The molecule has 1 N–H and O–H groups in total.